The highest BCUT2D eigenvalue weighted by Gasteiger charge is 2.24. The van der Waals surface area contributed by atoms with Crippen LogP contribution in [-0.2, 0) is 24.2 Å². The van der Waals surface area contributed by atoms with E-state index in [-0.39, 0.29) is 18.1 Å². The molecule has 0 radical (unpaired) electrons. The molecule has 0 unspecified atom stereocenters. The number of rotatable bonds is 4. The zero-order chi connectivity index (χ0) is 18.6. The van der Waals surface area contributed by atoms with Crippen molar-refractivity contribution in [1.29, 1.82) is 0 Å². The largest absolute Gasteiger partial charge is 0.338 e. The van der Waals surface area contributed by atoms with E-state index in [1.165, 1.54) is 6.07 Å². The molecule has 0 bridgehead atoms. The lowest BCUT2D eigenvalue weighted by atomic mass is 9.99. The number of hydrogen-bond acceptors (Lipinski definition) is 4. The number of aryl methyl sites for hydroxylation is 1. The van der Waals surface area contributed by atoms with Gasteiger partial charge in [0.2, 0.25) is 5.91 Å². The van der Waals surface area contributed by atoms with Crippen LogP contribution in [0, 0.1) is 5.82 Å². The van der Waals surface area contributed by atoms with Crippen LogP contribution in [0.25, 0.3) is 11.3 Å². The van der Waals surface area contributed by atoms with Crippen LogP contribution in [-0.4, -0.2) is 32.3 Å². The van der Waals surface area contributed by atoms with E-state index in [1.54, 1.807) is 36.9 Å². The second kappa shape index (κ2) is 7.61. The highest BCUT2D eigenvalue weighted by molar-refractivity contribution is 5.77. The number of fused-ring (bicyclic) bond motifs is 1. The predicted octanol–water partition coefficient (Wildman–Crippen LogP) is 3.20. The third-order valence-corrected chi connectivity index (χ3v) is 4.86. The molecule has 3 aromatic rings. The fraction of sp³-hybridized carbons (Fsp3) is 0.238. The molecular formula is C21H19FN4O. The lowest BCUT2D eigenvalue weighted by Gasteiger charge is -2.29. The van der Waals surface area contributed by atoms with Crippen LogP contribution >= 0.6 is 0 Å². The van der Waals surface area contributed by atoms with Crippen LogP contribution in [0.1, 0.15) is 23.2 Å². The molecule has 0 fully saturated rings. The van der Waals surface area contributed by atoms with E-state index in [1.807, 2.05) is 17.0 Å². The number of aromatic nitrogens is 3. The van der Waals surface area contributed by atoms with E-state index >= 15 is 0 Å². The number of halogens is 1. The van der Waals surface area contributed by atoms with Crippen molar-refractivity contribution in [3.8, 4) is 11.3 Å². The molecule has 4 rings (SSSR count). The molecule has 1 aliphatic rings. The van der Waals surface area contributed by atoms with Gasteiger partial charge in [0.15, 0.2) is 0 Å². The lowest BCUT2D eigenvalue weighted by molar-refractivity contribution is -0.132. The maximum absolute atomic E-state index is 13.8. The van der Waals surface area contributed by atoms with Gasteiger partial charge >= 0.3 is 0 Å². The van der Waals surface area contributed by atoms with Crippen LogP contribution in [0.4, 0.5) is 4.39 Å². The molecule has 0 spiro atoms. The number of carbonyl (C=O) groups excluding carboxylic acids is 1. The molecule has 136 valence electrons. The molecule has 0 saturated heterocycles. The quantitative estimate of drug-likeness (QED) is 0.715. The number of hydrogen-bond donors (Lipinski definition) is 0. The normalized spacial score (nSPS) is 13.3. The number of amides is 1. The molecular weight excluding hydrogens is 343 g/mol. The van der Waals surface area contributed by atoms with Crippen LogP contribution in [0.2, 0.25) is 0 Å². The van der Waals surface area contributed by atoms with Crippen LogP contribution < -0.4 is 0 Å². The molecule has 1 aromatic carbocycles. The van der Waals surface area contributed by atoms with Crippen LogP contribution in [0.3, 0.4) is 0 Å². The third kappa shape index (κ3) is 3.69. The first kappa shape index (κ1) is 17.3. The summed E-state index contributed by atoms with van der Waals surface area (Å²) in [5.74, 6) is -0.244. The number of carbonyl (C=O) groups is 1. The molecule has 5 nitrogen and oxygen atoms in total. The van der Waals surface area contributed by atoms with E-state index < -0.39 is 0 Å². The van der Waals surface area contributed by atoms with Gasteiger partial charge in [-0.1, -0.05) is 18.2 Å². The standard InChI is InChI=1S/C21H19FN4O/c22-18-6-2-1-4-15(18)7-8-20(27)26-11-9-19-17(13-26)21(25-14-24-19)16-5-3-10-23-12-16/h1-6,10,12,14H,7-9,11,13H2. The summed E-state index contributed by atoms with van der Waals surface area (Å²) in [6.07, 6.45) is 6.42. The van der Waals surface area contributed by atoms with Crippen molar-refractivity contribution in [2.75, 3.05) is 6.54 Å². The Kier molecular flexibility index (Phi) is 4.87. The summed E-state index contributed by atoms with van der Waals surface area (Å²) in [5.41, 5.74) is 4.25. The van der Waals surface area contributed by atoms with Crippen molar-refractivity contribution in [3.05, 3.63) is 77.8 Å². The zero-order valence-electron chi connectivity index (χ0n) is 14.8. The maximum atomic E-state index is 13.8. The Hall–Kier alpha value is -3.15. The average molecular weight is 362 g/mol. The summed E-state index contributed by atoms with van der Waals surface area (Å²) in [6.45, 7) is 1.09. The molecule has 1 aliphatic heterocycles. The molecule has 3 heterocycles. The molecule has 6 heteroatoms. The molecule has 0 aliphatic carbocycles. The van der Waals surface area contributed by atoms with E-state index in [0.717, 1.165) is 22.5 Å². The van der Waals surface area contributed by atoms with E-state index in [9.17, 15) is 9.18 Å². The second-order valence-corrected chi connectivity index (χ2v) is 6.55. The van der Waals surface area contributed by atoms with Crippen molar-refractivity contribution in [1.82, 2.24) is 19.9 Å². The topological polar surface area (TPSA) is 59.0 Å². The highest BCUT2D eigenvalue weighted by Crippen LogP contribution is 2.27. The summed E-state index contributed by atoms with van der Waals surface area (Å²) in [6, 6.07) is 10.4. The van der Waals surface area contributed by atoms with Gasteiger partial charge in [-0.25, -0.2) is 14.4 Å². The Morgan fingerprint density at radius 1 is 1.15 bits per heavy atom. The summed E-state index contributed by atoms with van der Waals surface area (Å²) in [7, 11) is 0. The van der Waals surface area contributed by atoms with Gasteiger partial charge in [0.1, 0.15) is 12.1 Å². The minimum Gasteiger partial charge on any atom is -0.338 e. The molecule has 27 heavy (non-hydrogen) atoms. The van der Waals surface area contributed by atoms with E-state index in [0.29, 0.717) is 31.5 Å². The van der Waals surface area contributed by atoms with Gasteiger partial charge in [0.05, 0.1) is 11.4 Å². The fourth-order valence-electron chi connectivity index (χ4n) is 3.41. The van der Waals surface area contributed by atoms with Gasteiger partial charge in [-0.15, -0.1) is 0 Å². The predicted molar refractivity (Wildman–Crippen MR) is 99.1 cm³/mol. The SMILES string of the molecule is O=C(CCc1ccccc1F)N1CCc2ncnc(-c3cccnc3)c2C1. The van der Waals surface area contributed by atoms with E-state index in [4.69, 9.17) is 0 Å². The van der Waals surface area contributed by atoms with Gasteiger partial charge in [-0.2, -0.15) is 0 Å². The van der Waals surface area contributed by atoms with Gasteiger partial charge < -0.3 is 4.90 Å². The molecule has 0 atom stereocenters. The van der Waals surface area contributed by atoms with E-state index in [2.05, 4.69) is 15.0 Å². The Morgan fingerprint density at radius 3 is 2.85 bits per heavy atom. The summed E-state index contributed by atoms with van der Waals surface area (Å²) >= 11 is 0. The minimum absolute atomic E-state index is 0.0184. The maximum Gasteiger partial charge on any atom is 0.223 e. The summed E-state index contributed by atoms with van der Waals surface area (Å²) in [5, 5.41) is 0. The van der Waals surface area contributed by atoms with Crippen LogP contribution in [0.5, 0.6) is 0 Å². The van der Waals surface area contributed by atoms with Gasteiger partial charge in [-0.05, 0) is 30.2 Å². The van der Waals surface area contributed by atoms with Gasteiger partial charge in [-0.3, -0.25) is 9.78 Å². The number of nitrogens with zero attached hydrogens (tertiary/aromatic N) is 4. The van der Waals surface area contributed by atoms with Crippen molar-refractivity contribution in [3.63, 3.8) is 0 Å². The number of benzene rings is 1. The fourth-order valence-corrected chi connectivity index (χ4v) is 3.41. The molecule has 0 N–H and O–H groups in total. The van der Waals surface area contributed by atoms with Crippen molar-refractivity contribution >= 4 is 5.91 Å². The second-order valence-electron chi connectivity index (χ2n) is 6.55. The Bertz CT molecular complexity index is 961. The molecule has 1 amide bonds. The van der Waals surface area contributed by atoms with Gasteiger partial charge in [0.25, 0.3) is 0 Å². The Balaban J connectivity index is 1.51. The summed E-state index contributed by atoms with van der Waals surface area (Å²) < 4.78 is 13.8. The monoisotopic (exact) mass is 362 g/mol. The van der Waals surface area contributed by atoms with Crippen molar-refractivity contribution in [2.45, 2.75) is 25.8 Å². The first-order valence-electron chi connectivity index (χ1n) is 8.96. The lowest BCUT2D eigenvalue weighted by Crippen LogP contribution is -2.37. The van der Waals surface area contributed by atoms with Crippen molar-refractivity contribution < 1.29 is 9.18 Å². The third-order valence-electron chi connectivity index (χ3n) is 4.86. The highest BCUT2D eigenvalue weighted by atomic mass is 19.1. The Morgan fingerprint density at radius 2 is 2.04 bits per heavy atom. The Labute approximate surface area is 156 Å². The first-order valence-corrected chi connectivity index (χ1v) is 8.96. The first-order chi connectivity index (χ1) is 13.2. The molecule has 0 saturated carbocycles. The molecule has 2 aromatic heterocycles. The van der Waals surface area contributed by atoms with Gasteiger partial charge in [0, 0.05) is 49.5 Å². The van der Waals surface area contributed by atoms with Crippen molar-refractivity contribution in [2.24, 2.45) is 0 Å². The minimum atomic E-state index is -0.262. The average Bonchev–Trinajstić information content (AvgIpc) is 2.73. The number of pyridine rings is 1. The van der Waals surface area contributed by atoms with Crippen LogP contribution in [0.15, 0.2) is 55.1 Å². The summed E-state index contributed by atoms with van der Waals surface area (Å²) in [4.78, 5) is 27.5. The smallest absolute Gasteiger partial charge is 0.223 e. The zero-order valence-corrected chi connectivity index (χ0v) is 14.8.